The van der Waals surface area contributed by atoms with Crippen LogP contribution in [0.5, 0.6) is 0 Å². The van der Waals surface area contributed by atoms with E-state index < -0.39 is 9.70 Å². The summed E-state index contributed by atoms with van der Waals surface area (Å²) in [6.07, 6.45) is 2.11. The molecule has 0 aromatic rings. The second kappa shape index (κ2) is 7.80. The molecule has 0 aliphatic carbocycles. The number of alkyl halides is 3. The molecule has 17 heavy (non-hydrogen) atoms. The van der Waals surface area contributed by atoms with Gasteiger partial charge in [0.15, 0.2) is 0 Å². The largest absolute Gasteiger partial charge is 0.466 e. The molecule has 0 spiro atoms. The zero-order valence-electron chi connectivity index (χ0n) is 9.56. The maximum absolute atomic E-state index is 11.3. The highest BCUT2D eigenvalue weighted by Crippen LogP contribution is 2.26. The molecule has 0 saturated carbocycles. The summed E-state index contributed by atoms with van der Waals surface area (Å²) in [6.45, 7) is 3.75. The second-order valence-corrected chi connectivity index (χ2v) is 5.35. The summed E-state index contributed by atoms with van der Waals surface area (Å²) in [6, 6.07) is 0. The van der Waals surface area contributed by atoms with E-state index in [1.807, 2.05) is 0 Å². The average molecular weight is 303 g/mol. The van der Waals surface area contributed by atoms with Crippen molar-refractivity contribution >= 4 is 46.7 Å². The molecule has 0 aliphatic heterocycles. The summed E-state index contributed by atoms with van der Waals surface area (Å²) in [5.74, 6) is -1.09. The van der Waals surface area contributed by atoms with Gasteiger partial charge < -0.3 is 10.1 Å². The van der Waals surface area contributed by atoms with Gasteiger partial charge in [-0.05, 0) is 20.3 Å². The fourth-order valence-corrected chi connectivity index (χ4v) is 1.11. The molecule has 7 heteroatoms. The van der Waals surface area contributed by atoms with Gasteiger partial charge in [0, 0.05) is 5.70 Å². The highest BCUT2D eigenvalue weighted by molar-refractivity contribution is 6.76. The molecule has 0 rings (SSSR count). The SMILES string of the molecule is CC=C(CCC(=O)OCC)NC(=O)C(Cl)(Cl)Cl. The third-order valence-corrected chi connectivity index (χ3v) is 2.30. The molecule has 1 N–H and O–H groups in total. The first-order valence-corrected chi connectivity index (χ1v) is 6.13. The zero-order chi connectivity index (χ0) is 13.5. The molecule has 0 aromatic heterocycles. The van der Waals surface area contributed by atoms with Crippen molar-refractivity contribution in [3.8, 4) is 0 Å². The number of amides is 1. The summed E-state index contributed by atoms with van der Waals surface area (Å²) in [7, 11) is 0. The van der Waals surface area contributed by atoms with Crippen LogP contribution in [0.25, 0.3) is 0 Å². The number of carbonyl (C=O) groups is 2. The Morgan fingerprint density at radius 3 is 2.29 bits per heavy atom. The molecular weight excluding hydrogens is 288 g/mol. The first kappa shape index (κ1) is 16.6. The number of allylic oxidation sites excluding steroid dienone is 2. The number of halogens is 3. The maximum Gasteiger partial charge on any atom is 0.306 e. The summed E-state index contributed by atoms with van der Waals surface area (Å²) < 4.78 is 2.74. The fraction of sp³-hybridized carbons (Fsp3) is 0.600. The molecule has 0 unspecified atom stereocenters. The standard InChI is InChI=1S/C10H14Cl3NO3/c1-3-7(5-6-8(15)17-4-2)14-9(16)10(11,12)13/h3H,4-6H2,1-2H3,(H,14,16). The second-order valence-electron chi connectivity index (χ2n) is 3.07. The first-order chi connectivity index (χ1) is 7.81. The molecule has 0 aromatic carbocycles. The molecule has 0 fully saturated rings. The molecule has 0 aliphatic rings. The van der Waals surface area contributed by atoms with Gasteiger partial charge in [-0.2, -0.15) is 0 Å². The Hall–Kier alpha value is -0.450. The third-order valence-electron chi connectivity index (χ3n) is 1.78. The van der Waals surface area contributed by atoms with Crippen molar-refractivity contribution in [3.63, 3.8) is 0 Å². The lowest BCUT2D eigenvalue weighted by molar-refractivity contribution is -0.143. The smallest absolute Gasteiger partial charge is 0.306 e. The van der Waals surface area contributed by atoms with Gasteiger partial charge >= 0.3 is 5.97 Å². The van der Waals surface area contributed by atoms with Crippen molar-refractivity contribution < 1.29 is 14.3 Å². The topological polar surface area (TPSA) is 55.4 Å². The lowest BCUT2D eigenvalue weighted by Crippen LogP contribution is -2.34. The number of ether oxygens (including phenoxy) is 1. The van der Waals surface area contributed by atoms with Crippen LogP contribution in [0.1, 0.15) is 26.7 Å². The fourth-order valence-electron chi connectivity index (χ4n) is 0.966. The molecule has 4 nitrogen and oxygen atoms in total. The van der Waals surface area contributed by atoms with Crippen LogP contribution in [-0.4, -0.2) is 22.3 Å². The Labute approximate surface area is 115 Å². The van der Waals surface area contributed by atoms with Gasteiger partial charge in [0.2, 0.25) is 0 Å². The quantitative estimate of drug-likeness (QED) is 0.627. The van der Waals surface area contributed by atoms with Gasteiger partial charge in [-0.1, -0.05) is 40.9 Å². The van der Waals surface area contributed by atoms with Crippen LogP contribution in [0, 0.1) is 0 Å². The first-order valence-electron chi connectivity index (χ1n) is 5.00. The van der Waals surface area contributed by atoms with Crippen LogP contribution in [0.2, 0.25) is 0 Å². The lowest BCUT2D eigenvalue weighted by Gasteiger charge is -2.13. The lowest BCUT2D eigenvalue weighted by atomic mass is 10.2. The molecule has 0 atom stereocenters. The Kier molecular flexibility index (Phi) is 7.59. The van der Waals surface area contributed by atoms with E-state index >= 15 is 0 Å². The Morgan fingerprint density at radius 2 is 1.88 bits per heavy atom. The van der Waals surface area contributed by atoms with Crippen LogP contribution in [0.15, 0.2) is 11.8 Å². The molecule has 0 bridgehead atoms. The van der Waals surface area contributed by atoms with Gasteiger partial charge in [-0.3, -0.25) is 9.59 Å². The third kappa shape index (κ3) is 7.47. The number of rotatable bonds is 5. The number of carbonyl (C=O) groups excluding carboxylic acids is 2. The van der Waals surface area contributed by atoms with E-state index in [0.717, 1.165) is 0 Å². The predicted octanol–water partition coefficient (Wildman–Crippen LogP) is 2.72. The average Bonchev–Trinajstić information content (AvgIpc) is 2.22. The van der Waals surface area contributed by atoms with Crippen LogP contribution < -0.4 is 5.32 Å². The molecule has 0 saturated heterocycles. The van der Waals surface area contributed by atoms with E-state index in [4.69, 9.17) is 39.5 Å². The maximum atomic E-state index is 11.3. The van der Waals surface area contributed by atoms with Gasteiger partial charge in [-0.25, -0.2) is 0 Å². The minimum Gasteiger partial charge on any atom is -0.466 e. The van der Waals surface area contributed by atoms with Crippen molar-refractivity contribution in [2.75, 3.05) is 6.61 Å². The van der Waals surface area contributed by atoms with Crippen molar-refractivity contribution in [2.45, 2.75) is 30.5 Å². The van der Waals surface area contributed by atoms with E-state index in [1.165, 1.54) is 0 Å². The van der Waals surface area contributed by atoms with Crippen molar-refractivity contribution in [1.29, 1.82) is 0 Å². The van der Waals surface area contributed by atoms with Crippen LogP contribution in [0.3, 0.4) is 0 Å². The van der Waals surface area contributed by atoms with Gasteiger partial charge in [-0.15, -0.1) is 0 Å². The van der Waals surface area contributed by atoms with E-state index in [-0.39, 0.29) is 12.4 Å². The molecule has 0 radical (unpaired) electrons. The minimum atomic E-state index is -2.02. The normalized spacial score (nSPS) is 12.2. The number of hydrogen-bond donors (Lipinski definition) is 1. The summed E-state index contributed by atoms with van der Waals surface area (Å²) in [4.78, 5) is 22.4. The monoisotopic (exact) mass is 301 g/mol. The predicted molar refractivity (Wildman–Crippen MR) is 68.1 cm³/mol. The summed E-state index contributed by atoms with van der Waals surface area (Å²) in [5, 5.41) is 2.42. The zero-order valence-corrected chi connectivity index (χ0v) is 11.8. The highest BCUT2D eigenvalue weighted by atomic mass is 35.6. The van der Waals surface area contributed by atoms with Crippen LogP contribution >= 0.6 is 34.8 Å². The van der Waals surface area contributed by atoms with E-state index in [2.05, 4.69) is 5.32 Å². The van der Waals surface area contributed by atoms with Crippen LogP contribution in [0.4, 0.5) is 0 Å². The van der Waals surface area contributed by atoms with Gasteiger partial charge in [0.1, 0.15) is 0 Å². The van der Waals surface area contributed by atoms with Crippen LogP contribution in [-0.2, 0) is 14.3 Å². The highest BCUT2D eigenvalue weighted by Gasteiger charge is 2.30. The number of esters is 1. The summed E-state index contributed by atoms with van der Waals surface area (Å²) in [5.41, 5.74) is 0.509. The van der Waals surface area contributed by atoms with E-state index in [1.54, 1.807) is 19.9 Å². The minimum absolute atomic E-state index is 0.160. The molecule has 98 valence electrons. The van der Waals surface area contributed by atoms with Crippen molar-refractivity contribution in [3.05, 3.63) is 11.8 Å². The van der Waals surface area contributed by atoms with Crippen molar-refractivity contribution in [1.82, 2.24) is 5.32 Å². The number of nitrogens with one attached hydrogen (secondary N) is 1. The Bertz CT molecular complexity index is 310. The van der Waals surface area contributed by atoms with Gasteiger partial charge in [0.05, 0.1) is 13.0 Å². The van der Waals surface area contributed by atoms with Gasteiger partial charge in [0.25, 0.3) is 9.70 Å². The van der Waals surface area contributed by atoms with E-state index in [0.29, 0.717) is 18.7 Å². The molecule has 0 heterocycles. The Morgan fingerprint density at radius 1 is 1.29 bits per heavy atom. The summed E-state index contributed by atoms with van der Waals surface area (Å²) >= 11 is 16.2. The Balaban J connectivity index is 4.20. The molecule has 1 amide bonds. The molecular formula is C10H14Cl3NO3. The van der Waals surface area contributed by atoms with Crippen molar-refractivity contribution in [2.24, 2.45) is 0 Å². The number of hydrogen-bond acceptors (Lipinski definition) is 3. The van der Waals surface area contributed by atoms with E-state index in [9.17, 15) is 9.59 Å².